The Hall–Kier alpha value is -1.27. The summed E-state index contributed by atoms with van der Waals surface area (Å²) in [6.45, 7) is 5.42. The lowest BCUT2D eigenvalue weighted by molar-refractivity contribution is 0.693. The molecule has 0 saturated heterocycles. The summed E-state index contributed by atoms with van der Waals surface area (Å²) in [5.41, 5.74) is 1.18. The molecule has 1 aromatic heterocycles. The summed E-state index contributed by atoms with van der Waals surface area (Å²) in [6, 6.07) is 0. The maximum absolute atomic E-state index is 4.24. The average Bonchev–Trinajstić information content (AvgIpc) is 2.45. The van der Waals surface area contributed by atoms with E-state index < -0.39 is 0 Å². The van der Waals surface area contributed by atoms with E-state index in [9.17, 15) is 0 Å². The highest BCUT2D eigenvalue weighted by Gasteiger charge is 2.03. The fourth-order valence-corrected chi connectivity index (χ4v) is 1.21. The van der Waals surface area contributed by atoms with Gasteiger partial charge in [0.1, 0.15) is 5.82 Å². The quantitative estimate of drug-likeness (QED) is 0.696. The minimum absolute atomic E-state index is 0.735. The van der Waals surface area contributed by atoms with Crippen molar-refractivity contribution >= 4 is 0 Å². The van der Waals surface area contributed by atoms with Gasteiger partial charge < -0.3 is 9.88 Å². The molecule has 1 aromatic rings. The fourth-order valence-electron chi connectivity index (χ4n) is 1.21. The second kappa shape index (κ2) is 4.68. The van der Waals surface area contributed by atoms with E-state index in [4.69, 9.17) is 0 Å². The minimum atomic E-state index is 0.735. The number of aryl methyl sites for hydroxylation is 1. The lowest BCUT2D eigenvalue weighted by Gasteiger charge is -2.05. The zero-order chi connectivity index (χ0) is 9.68. The molecular formula is C10H15N3. The Labute approximate surface area is 79.2 Å². The Morgan fingerprint density at radius 3 is 3.00 bits per heavy atom. The molecule has 0 atom stereocenters. The van der Waals surface area contributed by atoms with Gasteiger partial charge in [-0.05, 0) is 20.9 Å². The molecule has 0 bridgehead atoms. The Balaban J connectivity index is 2.85. The van der Waals surface area contributed by atoms with Crippen LogP contribution in [0.1, 0.15) is 18.4 Å². The molecule has 3 nitrogen and oxygen atoms in total. The van der Waals surface area contributed by atoms with Gasteiger partial charge in [-0.25, -0.2) is 4.98 Å². The maximum atomic E-state index is 4.24. The highest BCUT2D eigenvalue weighted by molar-refractivity contribution is 5.08. The second-order valence-electron chi connectivity index (χ2n) is 2.84. The van der Waals surface area contributed by atoms with Gasteiger partial charge in [0, 0.05) is 12.7 Å². The smallest absolute Gasteiger partial charge is 0.106 e. The molecule has 0 spiro atoms. The summed E-state index contributed by atoms with van der Waals surface area (Å²) >= 11 is 0. The number of aromatic nitrogens is 2. The predicted octanol–water partition coefficient (Wildman–Crippen LogP) is 0.934. The van der Waals surface area contributed by atoms with E-state index in [1.807, 2.05) is 27.1 Å². The Morgan fingerprint density at radius 2 is 2.38 bits per heavy atom. The van der Waals surface area contributed by atoms with E-state index in [0.29, 0.717) is 0 Å². The van der Waals surface area contributed by atoms with E-state index in [-0.39, 0.29) is 0 Å². The number of hydrogen-bond acceptors (Lipinski definition) is 2. The maximum Gasteiger partial charge on any atom is 0.106 e. The van der Waals surface area contributed by atoms with Crippen molar-refractivity contribution in [2.75, 3.05) is 7.05 Å². The van der Waals surface area contributed by atoms with Gasteiger partial charge in [0.2, 0.25) is 0 Å². The third-order valence-electron chi connectivity index (χ3n) is 1.91. The number of rotatable bonds is 3. The van der Waals surface area contributed by atoms with Crippen molar-refractivity contribution in [1.82, 2.24) is 14.9 Å². The van der Waals surface area contributed by atoms with Crippen LogP contribution in [0, 0.1) is 18.8 Å². The van der Waals surface area contributed by atoms with Gasteiger partial charge in [-0.3, -0.25) is 0 Å². The van der Waals surface area contributed by atoms with Crippen LogP contribution in [0.4, 0.5) is 0 Å². The monoisotopic (exact) mass is 177 g/mol. The molecule has 70 valence electrons. The van der Waals surface area contributed by atoms with Gasteiger partial charge in [-0.15, -0.1) is 5.92 Å². The third-order valence-corrected chi connectivity index (χ3v) is 1.91. The van der Waals surface area contributed by atoms with Crippen LogP contribution in [0.15, 0.2) is 6.20 Å². The molecule has 0 aliphatic carbocycles. The largest absolute Gasteiger partial charge is 0.319 e. The summed E-state index contributed by atoms with van der Waals surface area (Å²) < 4.78 is 2.12. The summed E-state index contributed by atoms with van der Waals surface area (Å²) in [5, 5.41) is 3.11. The number of imidazole rings is 1. The summed E-state index contributed by atoms with van der Waals surface area (Å²) in [5.74, 6) is 6.94. The lowest BCUT2D eigenvalue weighted by Crippen LogP contribution is -2.11. The molecule has 0 aliphatic rings. The molecule has 0 radical (unpaired) electrons. The Bertz CT molecular complexity index is 328. The zero-order valence-electron chi connectivity index (χ0n) is 8.39. The first kappa shape index (κ1) is 9.82. The van der Waals surface area contributed by atoms with Gasteiger partial charge in [-0.2, -0.15) is 0 Å². The molecule has 3 heteroatoms. The minimum Gasteiger partial charge on any atom is -0.319 e. The predicted molar refractivity (Wildman–Crippen MR) is 53.2 cm³/mol. The standard InChI is InChI=1S/C10H15N3/c1-4-5-6-13-9(2)12-8-10(13)7-11-3/h8,11H,6-7H2,1-3H3. The first-order chi connectivity index (χ1) is 6.29. The van der Waals surface area contributed by atoms with Gasteiger partial charge in [0.05, 0.1) is 12.2 Å². The number of nitrogens with zero attached hydrogens (tertiary/aromatic N) is 2. The van der Waals surface area contributed by atoms with E-state index in [0.717, 1.165) is 18.9 Å². The topological polar surface area (TPSA) is 29.9 Å². The van der Waals surface area contributed by atoms with Crippen molar-refractivity contribution < 1.29 is 0 Å². The van der Waals surface area contributed by atoms with Gasteiger partial charge in [0.15, 0.2) is 0 Å². The molecular weight excluding hydrogens is 162 g/mol. The average molecular weight is 177 g/mol. The second-order valence-corrected chi connectivity index (χ2v) is 2.84. The Morgan fingerprint density at radius 1 is 1.62 bits per heavy atom. The summed E-state index contributed by atoms with van der Waals surface area (Å²) in [6.07, 6.45) is 1.89. The van der Waals surface area contributed by atoms with Crippen LogP contribution < -0.4 is 5.32 Å². The molecule has 1 heterocycles. The number of hydrogen-bond donors (Lipinski definition) is 1. The van der Waals surface area contributed by atoms with E-state index in [2.05, 4.69) is 26.7 Å². The summed E-state index contributed by atoms with van der Waals surface area (Å²) in [4.78, 5) is 4.24. The number of nitrogens with one attached hydrogen (secondary N) is 1. The molecule has 13 heavy (non-hydrogen) atoms. The molecule has 1 N–H and O–H groups in total. The van der Waals surface area contributed by atoms with Gasteiger partial charge in [0.25, 0.3) is 0 Å². The van der Waals surface area contributed by atoms with Gasteiger partial charge >= 0.3 is 0 Å². The van der Waals surface area contributed by atoms with Crippen molar-refractivity contribution in [1.29, 1.82) is 0 Å². The molecule has 0 saturated carbocycles. The molecule has 0 aliphatic heterocycles. The van der Waals surface area contributed by atoms with Crippen LogP contribution in [0.3, 0.4) is 0 Å². The SMILES string of the molecule is CC#CCn1c(CNC)cnc1C. The van der Waals surface area contributed by atoms with Crippen LogP contribution in [-0.4, -0.2) is 16.6 Å². The first-order valence-electron chi connectivity index (χ1n) is 4.34. The third kappa shape index (κ3) is 2.33. The van der Waals surface area contributed by atoms with E-state index >= 15 is 0 Å². The van der Waals surface area contributed by atoms with E-state index in [1.54, 1.807) is 0 Å². The van der Waals surface area contributed by atoms with Crippen LogP contribution in [0.5, 0.6) is 0 Å². The normalized spacial score (nSPS) is 9.46. The van der Waals surface area contributed by atoms with Crippen molar-refractivity contribution in [2.45, 2.75) is 26.9 Å². The lowest BCUT2D eigenvalue weighted by atomic mass is 10.4. The van der Waals surface area contributed by atoms with Gasteiger partial charge in [-0.1, -0.05) is 5.92 Å². The molecule has 0 amide bonds. The fraction of sp³-hybridized carbons (Fsp3) is 0.500. The van der Waals surface area contributed by atoms with Crippen molar-refractivity contribution in [3.8, 4) is 11.8 Å². The van der Waals surface area contributed by atoms with Crippen LogP contribution >= 0.6 is 0 Å². The Kier molecular flexibility index (Phi) is 3.53. The summed E-state index contributed by atoms with van der Waals surface area (Å²) in [7, 11) is 1.93. The van der Waals surface area contributed by atoms with Crippen molar-refractivity contribution in [3.63, 3.8) is 0 Å². The van der Waals surface area contributed by atoms with Crippen molar-refractivity contribution in [2.24, 2.45) is 0 Å². The highest BCUT2D eigenvalue weighted by atomic mass is 15.1. The molecule has 0 aromatic carbocycles. The van der Waals surface area contributed by atoms with Crippen molar-refractivity contribution in [3.05, 3.63) is 17.7 Å². The molecule has 0 fully saturated rings. The highest BCUT2D eigenvalue weighted by Crippen LogP contribution is 2.03. The first-order valence-corrected chi connectivity index (χ1v) is 4.34. The van der Waals surface area contributed by atoms with Crippen LogP contribution in [0.25, 0.3) is 0 Å². The molecule has 1 rings (SSSR count). The van der Waals surface area contributed by atoms with Crippen LogP contribution in [-0.2, 0) is 13.1 Å². The van der Waals surface area contributed by atoms with Crippen LogP contribution in [0.2, 0.25) is 0 Å². The van der Waals surface area contributed by atoms with E-state index in [1.165, 1.54) is 5.69 Å². The molecule has 0 unspecified atom stereocenters. The zero-order valence-corrected chi connectivity index (χ0v) is 8.39.